The molecule has 0 aliphatic carbocycles. The third-order valence-electron chi connectivity index (χ3n) is 4.49. The largest absolute Gasteiger partial charge is 0.316 e. The third-order valence-corrected chi connectivity index (χ3v) is 6.50. The summed E-state index contributed by atoms with van der Waals surface area (Å²) < 4.78 is 40.1. The summed E-state index contributed by atoms with van der Waals surface area (Å²) in [5.41, 5.74) is 0.566. The van der Waals surface area contributed by atoms with Gasteiger partial charge in [-0.1, -0.05) is 0 Å². The molecule has 7 heteroatoms. The quantitative estimate of drug-likeness (QED) is 0.899. The predicted octanol–water partition coefficient (Wildman–Crippen LogP) is 1.93. The normalized spacial score (nSPS) is 26.2. The molecule has 2 saturated heterocycles. The van der Waals surface area contributed by atoms with Gasteiger partial charge in [0.05, 0.1) is 4.90 Å². The zero-order valence-electron chi connectivity index (χ0n) is 11.9. The van der Waals surface area contributed by atoms with E-state index in [4.69, 9.17) is 0 Å². The summed E-state index contributed by atoms with van der Waals surface area (Å²) in [6.45, 7) is 4.61. The molecule has 1 aromatic carbocycles. The lowest BCUT2D eigenvalue weighted by Crippen LogP contribution is -2.33. The molecule has 1 unspecified atom stereocenters. The molecule has 2 heterocycles. The molecule has 2 aliphatic heterocycles. The van der Waals surface area contributed by atoms with Gasteiger partial charge in [-0.3, -0.25) is 0 Å². The van der Waals surface area contributed by atoms with Crippen LogP contribution in [0.4, 0.5) is 4.39 Å². The van der Waals surface area contributed by atoms with Crippen molar-refractivity contribution in [2.75, 3.05) is 26.2 Å². The number of halogens is 2. The van der Waals surface area contributed by atoms with E-state index < -0.39 is 15.8 Å². The molecule has 2 aliphatic rings. The lowest BCUT2D eigenvalue weighted by atomic mass is 9.87. The fourth-order valence-electron chi connectivity index (χ4n) is 3.28. The first-order chi connectivity index (χ1) is 9.43. The van der Waals surface area contributed by atoms with Gasteiger partial charge in [-0.2, -0.15) is 4.31 Å². The van der Waals surface area contributed by atoms with Crippen LogP contribution in [0.1, 0.15) is 18.4 Å². The van der Waals surface area contributed by atoms with Gasteiger partial charge < -0.3 is 5.32 Å². The highest BCUT2D eigenvalue weighted by molar-refractivity contribution is 7.89. The van der Waals surface area contributed by atoms with Crippen LogP contribution in [-0.4, -0.2) is 38.9 Å². The third kappa shape index (κ3) is 2.95. The van der Waals surface area contributed by atoms with Crippen LogP contribution in [0.5, 0.6) is 0 Å². The molecule has 0 saturated carbocycles. The highest BCUT2D eigenvalue weighted by Gasteiger charge is 2.44. The van der Waals surface area contributed by atoms with Gasteiger partial charge in [0.1, 0.15) is 5.82 Å². The van der Waals surface area contributed by atoms with Crippen LogP contribution in [-0.2, 0) is 10.0 Å². The van der Waals surface area contributed by atoms with Crippen molar-refractivity contribution >= 4 is 22.4 Å². The molecule has 1 atom stereocenters. The first kappa shape index (κ1) is 16.7. The number of aryl methyl sites for hydroxylation is 1. The summed E-state index contributed by atoms with van der Waals surface area (Å²) in [4.78, 5) is 0.224. The first-order valence-electron chi connectivity index (χ1n) is 6.90. The van der Waals surface area contributed by atoms with Gasteiger partial charge >= 0.3 is 0 Å². The van der Waals surface area contributed by atoms with Crippen molar-refractivity contribution in [3.8, 4) is 0 Å². The molecule has 1 spiro atoms. The van der Waals surface area contributed by atoms with E-state index >= 15 is 0 Å². The highest BCUT2D eigenvalue weighted by Crippen LogP contribution is 2.38. The zero-order valence-corrected chi connectivity index (χ0v) is 13.6. The maximum absolute atomic E-state index is 13.1. The molecular weight excluding hydrogens is 315 g/mol. The number of benzene rings is 1. The number of hydrogen-bond acceptors (Lipinski definition) is 3. The molecular formula is C14H20ClFN2O2S. The summed E-state index contributed by atoms with van der Waals surface area (Å²) in [7, 11) is -3.51. The Balaban J connectivity index is 0.00000161. The van der Waals surface area contributed by atoms with Crippen LogP contribution in [0.15, 0.2) is 23.1 Å². The lowest BCUT2D eigenvalue weighted by molar-refractivity contribution is 0.338. The molecule has 21 heavy (non-hydrogen) atoms. The number of sulfonamides is 1. The first-order valence-corrected chi connectivity index (χ1v) is 8.34. The van der Waals surface area contributed by atoms with Crippen LogP contribution in [0.3, 0.4) is 0 Å². The van der Waals surface area contributed by atoms with Gasteiger partial charge in [-0.05, 0) is 55.5 Å². The SMILES string of the molecule is Cc1cc(F)ccc1S(=O)(=O)N1CCC2(CCNC2)C1.Cl. The van der Waals surface area contributed by atoms with E-state index in [1.165, 1.54) is 18.2 Å². The molecule has 0 radical (unpaired) electrons. The van der Waals surface area contributed by atoms with Crippen LogP contribution in [0.25, 0.3) is 0 Å². The maximum Gasteiger partial charge on any atom is 0.243 e. The average molecular weight is 335 g/mol. The smallest absolute Gasteiger partial charge is 0.243 e. The van der Waals surface area contributed by atoms with Crippen molar-refractivity contribution in [1.82, 2.24) is 9.62 Å². The minimum Gasteiger partial charge on any atom is -0.316 e. The van der Waals surface area contributed by atoms with Gasteiger partial charge in [0.2, 0.25) is 10.0 Å². The number of nitrogens with zero attached hydrogens (tertiary/aromatic N) is 1. The Hall–Kier alpha value is -0.690. The van der Waals surface area contributed by atoms with E-state index in [1.54, 1.807) is 11.2 Å². The molecule has 0 amide bonds. The van der Waals surface area contributed by atoms with Gasteiger partial charge in [-0.15, -0.1) is 12.4 Å². The minimum atomic E-state index is -3.51. The molecule has 1 aromatic rings. The molecule has 0 bridgehead atoms. The summed E-state index contributed by atoms with van der Waals surface area (Å²) in [5.74, 6) is -0.403. The highest BCUT2D eigenvalue weighted by atomic mass is 35.5. The summed E-state index contributed by atoms with van der Waals surface area (Å²) in [6.07, 6.45) is 1.93. The summed E-state index contributed by atoms with van der Waals surface area (Å²) in [5, 5.41) is 3.31. The van der Waals surface area contributed by atoms with E-state index in [-0.39, 0.29) is 22.7 Å². The summed E-state index contributed by atoms with van der Waals surface area (Å²) >= 11 is 0. The molecule has 3 rings (SSSR count). The Bertz CT molecular complexity index is 630. The number of nitrogens with one attached hydrogen (secondary N) is 1. The predicted molar refractivity (Wildman–Crippen MR) is 81.7 cm³/mol. The maximum atomic E-state index is 13.1. The van der Waals surface area contributed by atoms with Crippen LogP contribution in [0, 0.1) is 18.2 Å². The van der Waals surface area contributed by atoms with Crippen LogP contribution in [0.2, 0.25) is 0 Å². The van der Waals surface area contributed by atoms with Crippen molar-refractivity contribution in [2.45, 2.75) is 24.7 Å². The Morgan fingerprint density at radius 3 is 2.71 bits per heavy atom. The van der Waals surface area contributed by atoms with Crippen molar-refractivity contribution in [2.24, 2.45) is 5.41 Å². The standard InChI is InChI=1S/C14H19FN2O2S.ClH/c1-11-8-12(15)2-3-13(11)20(18,19)17-7-5-14(10-17)4-6-16-9-14;/h2-3,8,16H,4-7,9-10H2,1H3;1H. The Labute approximate surface area is 131 Å². The Morgan fingerprint density at radius 1 is 1.33 bits per heavy atom. The van der Waals surface area contributed by atoms with E-state index in [2.05, 4.69) is 5.32 Å². The van der Waals surface area contributed by atoms with Gasteiger partial charge in [-0.25, -0.2) is 12.8 Å². The van der Waals surface area contributed by atoms with Crippen molar-refractivity contribution in [1.29, 1.82) is 0 Å². The number of hydrogen-bond donors (Lipinski definition) is 1. The lowest BCUT2D eigenvalue weighted by Gasteiger charge is -2.23. The van der Waals surface area contributed by atoms with Gasteiger partial charge in [0.15, 0.2) is 0 Å². The van der Waals surface area contributed by atoms with Gasteiger partial charge in [0, 0.05) is 19.6 Å². The fourth-order valence-corrected chi connectivity index (χ4v) is 5.04. The van der Waals surface area contributed by atoms with E-state index in [0.717, 1.165) is 25.9 Å². The van der Waals surface area contributed by atoms with Crippen LogP contribution < -0.4 is 5.32 Å². The van der Waals surface area contributed by atoms with Crippen LogP contribution >= 0.6 is 12.4 Å². The average Bonchev–Trinajstić information content (AvgIpc) is 3.00. The molecule has 1 N–H and O–H groups in total. The molecule has 4 nitrogen and oxygen atoms in total. The number of rotatable bonds is 2. The van der Waals surface area contributed by atoms with Crippen molar-refractivity contribution in [3.63, 3.8) is 0 Å². The molecule has 2 fully saturated rings. The Morgan fingerprint density at radius 2 is 2.10 bits per heavy atom. The van der Waals surface area contributed by atoms with E-state index in [0.29, 0.717) is 18.7 Å². The van der Waals surface area contributed by atoms with Crippen molar-refractivity contribution < 1.29 is 12.8 Å². The Kier molecular flexibility index (Phi) is 4.63. The topological polar surface area (TPSA) is 49.4 Å². The van der Waals surface area contributed by atoms with Crippen molar-refractivity contribution in [3.05, 3.63) is 29.6 Å². The fraction of sp³-hybridized carbons (Fsp3) is 0.571. The van der Waals surface area contributed by atoms with Gasteiger partial charge in [0.25, 0.3) is 0 Å². The second-order valence-electron chi connectivity index (χ2n) is 5.93. The second-order valence-corrected chi connectivity index (χ2v) is 7.83. The summed E-state index contributed by atoms with van der Waals surface area (Å²) in [6, 6.07) is 3.86. The molecule has 0 aromatic heterocycles. The second kappa shape index (κ2) is 5.83. The monoisotopic (exact) mass is 334 g/mol. The minimum absolute atomic E-state index is 0. The zero-order chi connectivity index (χ0) is 14.4. The molecule has 118 valence electrons. The van der Waals surface area contributed by atoms with E-state index in [1.807, 2.05) is 0 Å². The van der Waals surface area contributed by atoms with E-state index in [9.17, 15) is 12.8 Å².